The van der Waals surface area contributed by atoms with Gasteiger partial charge in [0, 0.05) is 12.2 Å². The van der Waals surface area contributed by atoms with Crippen molar-refractivity contribution in [2.45, 2.75) is 32.7 Å². The van der Waals surface area contributed by atoms with Crippen molar-refractivity contribution in [3.05, 3.63) is 57.8 Å². The molecule has 146 valence electrons. The molecule has 9 heteroatoms. The van der Waals surface area contributed by atoms with E-state index in [9.17, 15) is 19.5 Å². The molecule has 0 aliphatic carbocycles. The number of ether oxygens (including phenoxy) is 1. The Kier molecular flexibility index (Phi) is 5.53. The minimum atomic E-state index is -1.07. The summed E-state index contributed by atoms with van der Waals surface area (Å²) < 4.78 is 6.34. The molecule has 0 bridgehead atoms. The number of carboxylic acids is 1. The number of anilines is 1. The van der Waals surface area contributed by atoms with E-state index in [1.165, 1.54) is 16.8 Å². The number of carbonyl (C=O) groups excluding carboxylic acids is 1. The molecule has 2 N–H and O–H groups in total. The Morgan fingerprint density at radius 2 is 2.11 bits per heavy atom. The summed E-state index contributed by atoms with van der Waals surface area (Å²) in [5, 5.41) is 13.6. The monoisotopic (exact) mass is 384 g/mol. The van der Waals surface area contributed by atoms with E-state index in [0.717, 1.165) is 0 Å². The van der Waals surface area contributed by atoms with Crippen molar-refractivity contribution < 1.29 is 19.4 Å². The Bertz CT molecular complexity index is 1010. The summed E-state index contributed by atoms with van der Waals surface area (Å²) in [6.07, 6.45) is 2.38. The van der Waals surface area contributed by atoms with Gasteiger partial charge in [0.15, 0.2) is 5.82 Å². The summed E-state index contributed by atoms with van der Waals surface area (Å²) in [6, 6.07) is 6.23. The normalized spacial score (nSPS) is 17.1. The number of para-hydroxylation sites is 1. The third kappa shape index (κ3) is 3.64. The molecule has 0 radical (unpaired) electrons. The van der Waals surface area contributed by atoms with Crippen LogP contribution in [0.4, 0.5) is 5.69 Å². The number of rotatable bonds is 5. The van der Waals surface area contributed by atoms with E-state index in [1.807, 2.05) is 6.92 Å². The molecule has 1 unspecified atom stereocenters. The highest BCUT2D eigenvalue weighted by Crippen LogP contribution is 2.23. The predicted octanol–water partition coefficient (Wildman–Crippen LogP) is 2.29. The van der Waals surface area contributed by atoms with Gasteiger partial charge in [-0.05, 0) is 38.8 Å². The number of hydrogen-bond acceptors (Lipinski definition) is 7. The number of aromatic nitrogens is 2. The number of nitrogens with zero attached hydrogens (tertiary/aromatic N) is 3. The number of nitrogens with one attached hydrogen (secondary N) is 1. The van der Waals surface area contributed by atoms with Crippen molar-refractivity contribution in [3.8, 4) is 0 Å². The summed E-state index contributed by atoms with van der Waals surface area (Å²) in [4.78, 5) is 40.3. The molecule has 1 aromatic carbocycles. The van der Waals surface area contributed by atoms with E-state index in [2.05, 4.69) is 15.5 Å². The average Bonchev–Trinajstić information content (AvgIpc) is 2.67. The number of benzene rings is 1. The van der Waals surface area contributed by atoms with Gasteiger partial charge in [0.1, 0.15) is 11.3 Å². The van der Waals surface area contributed by atoms with Crippen molar-refractivity contribution in [2.24, 2.45) is 5.10 Å². The lowest BCUT2D eigenvalue weighted by atomic mass is 10.0. The van der Waals surface area contributed by atoms with Crippen LogP contribution in [0.15, 0.2) is 40.4 Å². The second-order valence-corrected chi connectivity index (χ2v) is 6.30. The van der Waals surface area contributed by atoms with E-state index in [0.29, 0.717) is 30.1 Å². The van der Waals surface area contributed by atoms with Gasteiger partial charge in [-0.1, -0.05) is 12.1 Å². The molecule has 0 spiro atoms. The molecule has 2 heterocycles. The molecule has 9 nitrogen and oxygen atoms in total. The van der Waals surface area contributed by atoms with Crippen molar-refractivity contribution in [2.75, 3.05) is 12.0 Å². The third-order valence-corrected chi connectivity index (χ3v) is 4.46. The van der Waals surface area contributed by atoms with Crippen LogP contribution < -0.4 is 11.0 Å². The first-order valence-electron chi connectivity index (χ1n) is 8.88. The van der Waals surface area contributed by atoms with E-state index in [-0.39, 0.29) is 23.8 Å². The molecule has 1 aliphatic heterocycles. The lowest BCUT2D eigenvalue weighted by Gasteiger charge is -2.25. The van der Waals surface area contributed by atoms with Gasteiger partial charge in [0.2, 0.25) is 0 Å². The third-order valence-electron chi connectivity index (χ3n) is 4.46. The van der Waals surface area contributed by atoms with Crippen LogP contribution in [0.1, 0.15) is 59.3 Å². The van der Waals surface area contributed by atoms with Gasteiger partial charge < -0.3 is 9.84 Å². The fourth-order valence-electron chi connectivity index (χ4n) is 3.03. The van der Waals surface area contributed by atoms with Gasteiger partial charge in [0.05, 0.1) is 17.9 Å². The molecule has 0 fully saturated rings. The highest BCUT2D eigenvalue weighted by Gasteiger charge is 2.27. The van der Waals surface area contributed by atoms with E-state index < -0.39 is 17.5 Å². The van der Waals surface area contributed by atoms with Gasteiger partial charge >= 0.3 is 11.9 Å². The Labute approximate surface area is 160 Å². The highest BCUT2D eigenvalue weighted by atomic mass is 16.5. The number of carboxylic acid groups (broad SMARTS) is 1. The Hall–Kier alpha value is -3.49. The molecule has 2 aromatic rings. The molecule has 28 heavy (non-hydrogen) atoms. The fourth-order valence-corrected chi connectivity index (χ4v) is 3.03. The van der Waals surface area contributed by atoms with Crippen molar-refractivity contribution in [1.82, 2.24) is 9.55 Å². The minimum absolute atomic E-state index is 0.0824. The standard InChI is InChI=1S/C19H20N4O5/c1-3-28-19(27)13-10-20-16-15(9-8-11(2)23(16)17(13)24)22-21-14-7-5-4-6-12(14)18(25)26/h4-7,10-11,21H,3,8-9H2,1-2H3,(H,25,26)/b22-15+. The van der Waals surface area contributed by atoms with Crippen LogP contribution in [-0.4, -0.2) is 38.9 Å². The Morgan fingerprint density at radius 1 is 1.36 bits per heavy atom. The second-order valence-electron chi connectivity index (χ2n) is 6.30. The largest absolute Gasteiger partial charge is 0.478 e. The number of carbonyl (C=O) groups is 2. The van der Waals surface area contributed by atoms with Crippen LogP contribution in [0.3, 0.4) is 0 Å². The van der Waals surface area contributed by atoms with Crippen LogP contribution in [0.5, 0.6) is 0 Å². The quantitative estimate of drug-likeness (QED) is 0.599. The zero-order chi connectivity index (χ0) is 20.3. The Balaban J connectivity index is 1.99. The number of hydrazone groups is 1. The van der Waals surface area contributed by atoms with Crippen LogP contribution in [0.2, 0.25) is 0 Å². The van der Waals surface area contributed by atoms with Gasteiger partial charge in [0.25, 0.3) is 5.56 Å². The van der Waals surface area contributed by atoms with E-state index in [4.69, 9.17) is 4.74 Å². The van der Waals surface area contributed by atoms with Crippen LogP contribution in [0.25, 0.3) is 0 Å². The smallest absolute Gasteiger partial charge is 0.345 e. The first kappa shape index (κ1) is 19.3. The second kappa shape index (κ2) is 8.03. The molecular formula is C19H20N4O5. The van der Waals surface area contributed by atoms with Crippen LogP contribution in [0, 0.1) is 0 Å². The minimum Gasteiger partial charge on any atom is -0.478 e. The van der Waals surface area contributed by atoms with Crippen molar-refractivity contribution in [1.29, 1.82) is 0 Å². The molecule has 1 aliphatic rings. The number of esters is 1. The molecule has 0 saturated carbocycles. The number of fused-ring (bicyclic) bond motifs is 1. The van der Waals surface area contributed by atoms with Crippen molar-refractivity contribution >= 4 is 23.3 Å². The first-order valence-corrected chi connectivity index (χ1v) is 8.88. The summed E-state index contributed by atoms with van der Waals surface area (Å²) in [6.45, 7) is 3.69. The zero-order valence-corrected chi connectivity index (χ0v) is 15.5. The molecule has 0 saturated heterocycles. The SMILES string of the molecule is CCOC(=O)c1cnc2n(c1=O)C(C)CC/C2=N\Nc1ccccc1C(=O)O. The van der Waals surface area contributed by atoms with Crippen LogP contribution >= 0.6 is 0 Å². The number of hydrogen-bond donors (Lipinski definition) is 2. The molecule has 3 rings (SSSR count). The maximum atomic E-state index is 12.8. The molecular weight excluding hydrogens is 364 g/mol. The Morgan fingerprint density at radius 3 is 2.82 bits per heavy atom. The lowest BCUT2D eigenvalue weighted by Crippen LogP contribution is -2.37. The van der Waals surface area contributed by atoms with Gasteiger partial charge in [-0.25, -0.2) is 14.6 Å². The summed E-state index contributed by atoms with van der Waals surface area (Å²) in [5.74, 6) is -1.44. The van der Waals surface area contributed by atoms with E-state index >= 15 is 0 Å². The molecule has 1 aromatic heterocycles. The summed E-state index contributed by atoms with van der Waals surface area (Å²) in [5.41, 5.74) is 3.08. The number of aromatic carboxylic acids is 1. The lowest BCUT2D eigenvalue weighted by molar-refractivity contribution is 0.0522. The first-order chi connectivity index (χ1) is 13.4. The summed E-state index contributed by atoms with van der Waals surface area (Å²) >= 11 is 0. The highest BCUT2D eigenvalue weighted by molar-refractivity contribution is 6.00. The van der Waals surface area contributed by atoms with Crippen molar-refractivity contribution in [3.63, 3.8) is 0 Å². The fraction of sp³-hybridized carbons (Fsp3) is 0.316. The zero-order valence-electron chi connectivity index (χ0n) is 15.5. The van der Waals surface area contributed by atoms with Crippen LogP contribution in [-0.2, 0) is 4.74 Å². The molecule has 0 amide bonds. The van der Waals surface area contributed by atoms with Gasteiger partial charge in [-0.2, -0.15) is 5.10 Å². The van der Waals surface area contributed by atoms with E-state index in [1.54, 1.807) is 25.1 Å². The summed E-state index contributed by atoms with van der Waals surface area (Å²) in [7, 11) is 0. The predicted molar refractivity (Wildman–Crippen MR) is 102 cm³/mol. The maximum absolute atomic E-state index is 12.8. The maximum Gasteiger partial charge on any atom is 0.345 e. The van der Waals surface area contributed by atoms with Gasteiger partial charge in [-0.3, -0.25) is 14.8 Å². The topological polar surface area (TPSA) is 123 Å². The van der Waals surface area contributed by atoms with Gasteiger partial charge in [-0.15, -0.1) is 0 Å². The molecule has 1 atom stereocenters. The average molecular weight is 384 g/mol.